The van der Waals surface area contributed by atoms with E-state index in [1.807, 2.05) is 20.8 Å². The number of esters is 1. The number of phenolic OH excluding ortho intramolecular Hbond substituents is 1. The SMILES string of the molecule is CC(C)(C)OC(=O)CC(NC(=O)C1CCCN(C(=O)CCC2CCN(C(=O)OC(C)(C)C)CC2)C1)c1cncc(C#Cc2cccc(O)c2)c1. The number of carbonyl (C=O) groups excluding carboxylic acids is 4. The van der Waals surface area contributed by atoms with Crippen molar-refractivity contribution in [3.8, 4) is 17.6 Å². The van der Waals surface area contributed by atoms with Crippen LogP contribution in [0.4, 0.5) is 4.79 Å². The molecule has 2 aromatic rings. The number of ether oxygens (including phenoxy) is 2. The molecule has 50 heavy (non-hydrogen) atoms. The van der Waals surface area contributed by atoms with Gasteiger partial charge in [0.2, 0.25) is 11.8 Å². The Morgan fingerprint density at radius 1 is 0.920 bits per heavy atom. The summed E-state index contributed by atoms with van der Waals surface area (Å²) in [4.78, 5) is 60.2. The van der Waals surface area contributed by atoms with Crippen molar-refractivity contribution < 1.29 is 33.8 Å². The fourth-order valence-corrected chi connectivity index (χ4v) is 6.17. The van der Waals surface area contributed by atoms with Crippen molar-refractivity contribution in [2.24, 2.45) is 11.8 Å². The average molecular weight is 689 g/mol. The maximum Gasteiger partial charge on any atom is 0.410 e. The van der Waals surface area contributed by atoms with Gasteiger partial charge in [-0.1, -0.05) is 17.9 Å². The minimum absolute atomic E-state index is 0.0320. The van der Waals surface area contributed by atoms with Crippen LogP contribution in [0.5, 0.6) is 5.75 Å². The van der Waals surface area contributed by atoms with Crippen LogP contribution >= 0.6 is 0 Å². The van der Waals surface area contributed by atoms with Gasteiger partial charge in [-0.15, -0.1) is 0 Å². The predicted molar refractivity (Wildman–Crippen MR) is 189 cm³/mol. The number of hydrogen-bond donors (Lipinski definition) is 2. The number of rotatable bonds is 8. The van der Waals surface area contributed by atoms with Gasteiger partial charge in [-0.25, -0.2) is 4.79 Å². The minimum Gasteiger partial charge on any atom is -0.508 e. The third kappa shape index (κ3) is 12.4. The summed E-state index contributed by atoms with van der Waals surface area (Å²) < 4.78 is 11.1. The fraction of sp³-hybridized carbons (Fsp3) is 0.564. The van der Waals surface area contributed by atoms with E-state index in [2.05, 4.69) is 22.1 Å². The van der Waals surface area contributed by atoms with Gasteiger partial charge in [0.1, 0.15) is 17.0 Å². The summed E-state index contributed by atoms with van der Waals surface area (Å²) in [6.07, 6.45) is 6.93. The van der Waals surface area contributed by atoms with E-state index in [1.54, 1.807) is 73.3 Å². The molecule has 270 valence electrons. The van der Waals surface area contributed by atoms with Gasteiger partial charge in [0.15, 0.2) is 0 Å². The van der Waals surface area contributed by atoms with Crippen molar-refractivity contribution in [3.05, 3.63) is 59.4 Å². The molecule has 0 aliphatic carbocycles. The lowest BCUT2D eigenvalue weighted by Gasteiger charge is -2.35. The second-order valence-corrected chi connectivity index (χ2v) is 15.3. The summed E-state index contributed by atoms with van der Waals surface area (Å²) in [6, 6.07) is 7.69. The lowest BCUT2D eigenvalue weighted by Crippen LogP contribution is -2.46. The molecule has 2 aliphatic rings. The Morgan fingerprint density at radius 2 is 1.62 bits per heavy atom. The molecule has 2 aliphatic heterocycles. The Bertz CT molecular complexity index is 1570. The van der Waals surface area contributed by atoms with Crippen molar-refractivity contribution in [1.82, 2.24) is 20.1 Å². The zero-order valence-corrected chi connectivity index (χ0v) is 30.3. The van der Waals surface area contributed by atoms with Crippen LogP contribution in [0.3, 0.4) is 0 Å². The molecule has 2 fully saturated rings. The van der Waals surface area contributed by atoms with Crippen LogP contribution in [0.15, 0.2) is 42.7 Å². The van der Waals surface area contributed by atoms with Gasteiger partial charge >= 0.3 is 12.1 Å². The van der Waals surface area contributed by atoms with Gasteiger partial charge in [0.25, 0.3) is 0 Å². The Kier molecular flexibility index (Phi) is 12.9. The van der Waals surface area contributed by atoms with Crippen LogP contribution in [0.2, 0.25) is 0 Å². The second kappa shape index (κ2) is 16.9. The Hall–Kier alpha value is -4.59. The zero-order valence-electron chi connectivity index (χ0n) is 30.3. The van der Waals surface area contributed by atoms with Crippen molar-refractivity contribution in [3.63, 3.8) is 0 Å². The first-order valence-electron chi connectivity index (χ1n) is 17.6. The van der Waals surface area contributed by atoms with Gasteiger partial charge in [-0.2, -0.15) is 0 Å². The summed E-state index contributed by atoms with van der Waals surface area (Å²) in [5, 5.41) is 12.8. The lowest BCUT2D eigenvalue weighted by atomic mass is 9.91. The zero-order chi connectivity index (χ0) is 36.5. The molecule has 0 spiro atoms. The molecular weight excluding hydrogens is 636 g/mol. The highest BCUT2D eigenvalue weighted by molar-refractivity contribution is 5.82. The molecule has 1 aromatic carbocycles. The maximum absolute atomic E-state index is 13.7. The molecule has 0 radical (unpaired) electrons. The quantitative estimate of drug-likeness (QED) is 0.265. The largest absolute Gasteiger partial charge is 0.508 e. The van der Waals surface area contributed by atoms with E-state index in [0.29, 0.717) is 68.0 Å². The normalized spacial score (nSPS) is 17.6. The Labute approximate surface area is 296 Å². The highest BCUT2D eigenvalue weighted by Crippen LogP contribution is 2.26. The number of aromatic nitrogens is 1. The van der Waals surface area contributed by atoms with Gasteiger partial charge in [-0.3, -0.25) is 19.4 Å². The monoisotopic (exact) mass is 688 g/mol. The first-order valence-corrected chi connectivity index (χ1v) is 17.6. The summed E-state index contributed by atoms with van der Waals surface area (Å²) in [7, 11) is 0. The number of nitrogens with zero attached hydrogens (tertiary/aromatic N) is 3. The maximum atomic E-state index is 13.7. The fourth-order valence-electron chi connectivity index (χ4n) is 6.17. The van der Waals surface area contributed by atoms with Crippen LogP contribution in [0.1, 0.15) is 109 Å². The molecule has 0 bridgehead atoms. The van der Waals surface area contributed by atoms with Gasteiger partial charge in [0, 0.05) is 56.1 Å². The Balaban J connectivity index is 1.36. The van der Waals surface area contributed by atoms with E-state index in [9.17, 15) is 24.3 Å². The second-order valence-electron chi connectivity index (χ2n) is 15.3. The standard InChI is InChI=1S/C39H52N4O7/c1-38(2,3)49-35(46)23-33(31-21-29(24-40-25-31)13-12-28-9-7-11-32(44)22-28)41-36(47)30-10-8-18-43(26-30)34(45)15-14-27-16-19-42(20-17-27)37(48)50-39(4,5)6/h7,9,11,21-22,24-25,27,30,33,44H,8,10,14-20,23,26H2,1-6H3,(H,41,47). The highest BCUT2D eigenvalue weighted by atomic mass is 16.6. The van der Waals surface area contributed by atoms with Gasteiger partial charge < -0.3 is 29.7 Å². The van der Waals surface area contributed by atoms with Crippen molar-refractivity contribution in [2.45, 2.75) is 104 Å². The van der Waals surface area contributed by atoms with Crippen LogP contribution < -0.4 is 5.32 Å². The third-order valence-electron chi connectivity index (χ3n) is 8.64. The third-order valence-corrected chi connectivity index (χ3v) is 8.64. The number of carbonyl (C=O) groups is 4. The van der Waals surface area contributed by atoms with Crippen LogP contribution in [0, 0.1) is 23.7 Å². The van der Waals surface area contributed by atoms with E-state index >= 15 is 0 Å². The number of phenols is 1. The number of piperidine rings is 2. The molecule has 2 N–H and O–H groups in total. The number of nitrogens with one attached hydrogen (secondary N) is 1. The predicted octanol–water partition coefficient (Wildman–Crippen LogP) is 5.74. The summed E-state index contributed by atoms with van der Waals surface area (Å²) in [5.74, 6) is 5.42. The van der Waals surface area contributed by atoms with Crippen LogP contribution in [-0.2, 0) is 23.9 Å². The molecule has 1 aromatic heterocycles. The van der Waals surface area contributed by atoms with E-state index < -0.39 is 29.1 Å². The van der Waals surface area contributed by atoms with Crippen molar-refractivity contribution in [1.29, 1.82) is 0 Å². The first-order chi connectivity index (χ1) is 23.5. The summed E-state index contributed by atoms with van der Waals surface area (Å²) in [6.45, 7) is 13.1. The van der Waals surface area contributed by atoms with E-state index in [1.165, 1.54) is 0 Å². The average Bonchev–Trinajstić information content (AvgIpc) is 3.05. The highest BCUT2D eigenvalue weighted by Gasteiger charge is 2.32. The lowest BCUT2D eigenvalue weighted by molar-refractivity contribution is -0.155. The van der Waals surface area contributed by atoms with E-state index in [4.69, 9.17) is 9.47 Å². The minimum atomic E-state index is -0.718. The smallest absolute Gasteiger partial charge is 0.410 e. The molecule has 11 nitrogen and oxygen atoms in total. The number of hydrogen-bond acceptors (Lipinski definition) is 8. The molecule has 11 heteroatoms. The summed E-state index contributed by atoms with van der Waals surface area (Å²) in [5.41, 5.74) is 0.592. The number of pyridine rings is 1. The molecule has 3 amide bonds. The van der Waals surface area contributed by atoms with Crippen LogP contribution in [-0.4, -0.2) is 81.1 Å². The molecule has 2 unspecified atom stereocenters. The number of aromatic hydroxyl groups is 1. The van der Waals surface area contributed by atoms with Crippen molar-refractivity contribution in [2.75, 3.05) is 26.2 Å². The molecular formula is C39H52N4O7. The molecule has 0 saturated carbocycles. The first kappa shape index (κ1) is 38.2. The summed E-state index contributed by atoms with van der Waals surface area (Å²) >= 11 is 0. The van der Waals surface area contributed by atoms with Gasteiger partial charge in [-0.05, 0) is 109 Å². The molecule has 2 saturated heterocycles. The van der Waals surface area contributed by atoms with E-state index in [-0.39, 0.29) is 30.1 Å². The van der Waals surface area contributed by atoms with Gasteiger partial charge in [0.05, 0.1) is 18.4 Å². The molecule has 4 rings (SSSR count). The van der Waals surface area contributed by atoms with Crippen LogP contribution in [0.25, 0.3) is 0 Å². The number of amides is 3. The van der Waals surface area contributed by atoms with E-state index in [0.717, 1.165) is 19.3 Å². The number of benzene rings is 1. The van der Waals surface area contributed by atoms with Crippen molar-refractivity contribution >= 4 is 23.9 Å². The molecule has 2 atom stereocenters. The Morgan fingerprint density at radius 3 is 2.30 bits per heavy atom. The molecule has 3 heterocycles. The topological polar surface area (TPSA) is 138 Å². The number of likely N-dealkylation sites (tertiary alicyclic amines) is 2.